The highest BCUT2D eigenvalue weighted by Gasteiger charge is 2.24. The Labute approximate surface area is 154 Å². The summed E-state index contributed by atoms with van der Waals surface area (Å²) in [7, 11) is 0. The van der Waals surface area contributed by atoms with E-state index in [1.165, 1.54) is 16.7 Å². The summed E-state index contributed by atoms with van der Waals surface area (Å²) in [4.78, 5) is 11.3. The minimum Gasteiger partial charge on any atom is -0.435 e. The normalized spacial score (nSPS) is 12.1. The predicted octanol–water partition coefficient (Wildman–Crippen LogP) is 6.17. The molecule has 0 aliphatic heterocycles. The van der Waals surface area contributed by atoms with Gasteiger partial charge < -0.3 is 9.47 Å². The molecule has 0 spiro atoms. The summed E-state index contributed by atoms with van der Waals surface area (Å²) in [6.45, 7) is 16.2. The van der Waals surface area contributed by atoms with Gasteiger partial charge in [-0.05, 0) is 60.1 Å². The van der Waals surface area contributed by atoms with E-state index in [2.05, 4.69) is 59.7 Å². The predicted molar refractivity (Wildman–Crippen MR) is 104 cm³/mol. The standard InChI is InChI=1S/C22H36O3/c1-8-21(4,5)18-14-17(12-11-13-25-20(23)24-10-3)15-19(16-18)22(6,7)9-2/h14-16H,8-13H2,1-7H3. The fourth-order valence-corrected chi connectivity index (χ4v) is 2.62. The summed E-state index contributed by atoms with van der Waals surface area (Å²) in [5, 5.41) is 0. The number of hydrogen-bond acceptors (Lipinski definition) is 3. The molecule has 25 heavy (non-hydrogen) atoms. The maximum Gasteiger partial charge on any atom is 0.508 e. The second-order valence-electron chi connectivity index (χ2n) is 8.03. The van der Waals surface area contributed by atoms with Crippen LogP contribution in [0.1, 0.15) is 84.4 Å². The van der Waals surface area contributed by atoms with E-state index in [0.717, 1.165) is 25.7 Å². The number of rotatable bonds is 9. The van der Waals surface area contributed by atoms with Crippen LogP contribution in [0.25, 0.3) is 0 Å². The molecular formula is C22H36O3. The summed E-state index contributed by atoms with van der Waals surface area (Å²) in [5.41, 5.74) is 4.44. The minimum atomic E-state index is -0.573. The van der Waals surface area contributed by atoms with Crippen LogP contribution in [-0.4, -0.2) is 19.4 Å². The Balaban J connectivity index is 2.92. The third-order valence-electron chi connectivity index (χ3n) is 5.42. The van der Waals surface area contributed by atoms with Gasteiger partial charge in [-0.15, -0.1) is 0 Å². The number of carbonyl (C=O) groups is 1. The number of benzene rings is 1. The number of ether oxygens (including phenoxy) is 2. The van der Waals surface area contributed by atoms with Crippen molar-refractivity contribution in [3.05, 3.63) is 34.9 Å². The lowest BCUT2D eigenvalue weighted by Gasteiger charge is -2.29. The van der Waals surface area contributed by atoms with Gasteiger partial charge in [-0.2, -0.15) is 0 Å². The number of carbonyl (C=O) groups excluding carboxylic acids is 1. The van der Waals surface area contributed by atoms with E-state index >= 15 is 0 Å². The molecule has 0 heterocycles. The molecule has 0 aromatic heterocycles. The highest BCUT2D eigenvalue weighted by Crippen LogP contribution is 2.34. The van der Waals surface area contributed by atoms with E-state index in [-0.39, 0.29) is 10.8 Å². The fraction of sp³-hybridized carbons (Fsp3) is 0.682. The van der Waals surface area contributed by atoms with Crippen molar-refractivity contribution in [3.63, 3.8) is 0 Å². The van der Waals surface area contributed by atoms with Crippen molar-refractivity contribution in [2.24, 2.45) is 0 Å². The van der Waals surface area contributed by atoms with Gasteiger partial charge in [0.05, 0.1) is 13.2 Å². The Bertz CT molecular complexity index is 524. The zero-order valence-electron chi connectivity index (χ0n) is 17.2. The van der Waals surface area contributed by atoms with Gasteiger partial charge >= 0.3 is 6.16 Å². The summed E-state index contributed by atoms with van der Waals surface area (Å²) in [5.74, 6) is 0. The lowest BCUT2D eigenvalue weighted by molar-refractivity contribution is 0.0584. The monoisotopic (exact) mass is 348 g/mol. The van der Waals surface area contributed by atoms with Gasteiger partial charge in [0.1, 0.15) is 0 Å². The van der Waals surface area contributed by atoms with E-state index in [0.29, 0.717) is 13.2 Å². The molecule has 142 valence electrons. The molecule has 0 saturated carbocycles. The molecule has 0 aliphatic rings. The van der Waals surface area contributed by atoms with Crippen LogP contribution in [0.3, 0.4) is 0 Å². The Morgan fingerprint density at radius 3 is 1.84 bits per heavy atom. The van der Waals surface area contributed by atoms with Gasteiger partial charge in [0.2, 0.25) is 0 Å². The number of hydrogen-bond donors (Lipinski definition) is 0. The van der Waals surface area contributed by atoms with Crippen LogP contribution >= 0.6 is 0 Å². The van der Waals surface area contributed by atoms with Crippen molar-refractivity contribution in [1.29, 1.82) is 0 Å². The fourth-order valence-electron chi connectivity index (χ4n) is 2.62. The topological polar surface area (TPSA) is 35.5 Å². The third kappa shape index (κ3) is 6.37. The molecule has 1 aromatic carbocycles. The molecule has 1 aromatic rings. The van der Waals surface area contributed by atoms with Crippen molar-refractivity contribution >= 4 is 6.16 Å². The quantitative estimate of drug-likeness (QED) is 0.395. The Hall–Kier alpha value is -1.51. The second kappa shape index (κ2) is 9.26. The van der Waals surface area contributed by atoms with Crippen molar-refractivity contribution < 1.29 is 14.3 Å². The Kier molecular flexibility index (Phi) is 7.98. The van der Waals surface area contributed by atoms with Crippen LogP contribution in [0.2, 0.25) is 0 Å². The van der Waals surface area contributed by atoms with Gasteiger partial charge in [0, 0.05) is 0 Å². The SMILES string of the molecule is CCOC(=O)OCCCc1cc(C(C)(C)CC)cc(C(C)(C)CC)c1. The van der Waals surface area contributed by atoms with Gasteiger partial charge in [-0.1, -0.05) is 59.7 Å². The number of aryl methyl sites for hydroxylation is 1. The average molecular weight is 349 g/mol. The highest BCUT2D eigenvalue weighted by molar-refractivity contribution is 5.59. The van der Waals surface area contributed by atoms with E-state index in [1.807, 2.05) is 0 Å². The first-order valence-electron chi connectivity index (χ1n) is 9.60. The van der Waals surface area contributed by atoms with E-state index < -0.39 is 6.16 Å². The van der Waals surface area contributed by atoms with Crippen LogP contribution in [0.15, 0.2) is 18.2 Å². The zero-order valence-corrected chi connectivity index (χ0v) is 17.2. The van der Waals surface area contributed by atoms with Gasteiger partial charge in [0.25, 0.3) is 0 Å². The van der Waals surface area contributed by atoms with Crippen LogP contribution in [0.5, 0.6) is 0 Å². The largest absolute Gasteiger partial charge is 0.508 e. The van der Waals surface area contributed by atoms with E-state index in [9.17, 15) is 4.79 Å². The molecule has 3 heteroatoms. The molecule has 1 rings (SSSR count). The summed E-state index contributed by atoms with van der Waals surface area (Å²) in [6.07, 6.45) is 3.35. The lowest BCUT2D eigenvalue weighted by atomic mass is 9.75. The molecule has 0 radical (unpaired) electrons. The molecular weight excluding hydrogens is 312 g/mol. The molecule has 0 unspecified atom stereocenters. The van der Waals surface area contributed by atoms with Gasteiger partial charge in [0.15, 0.2) is 0 Å². The maximum absolute atomic E-state index is 11.3. The Morgan fingerprint density at radius 2 is 1.40 bits per heavy atom. The van der Waals surface area contributed by atoms with Crippen molar-refractivity contribution in [2.45, 2.75) is 85.0 Å². The first-order chi connectivity index (χ1) is 11.7. The zero-order chi connectivity index (χ0) is 19.1. The van der Waals surface area contributed by atoms with Gasteiger partial charge in [-0.3, -0.25) is 0 Å². The third-order valence-corrected chi connectivity index (χ3v) is 5.42. The smallest absolute Gasteiger partial charge is 0.435 e. The molecule has 0 amide bonds. The second-order valence-corrected chi connectivity index (χ2v) is 8.03. The summed E-state index contributed by atoms with van der Waals surface area (Å²) in [6, 6.07) is 7.03. The first-order valence-corrected chi connectivity index (χ1v) is 9.60. The van der Waals surface area contributed by atoms with Crippen molar-refractivity contribution in [3.8, 4) is 0 Å². The summed E-state index contributed by atoms with van der Waals surface area (Å²) >= 11 is 0. The molecule has 3 nitrogen and oxygen atoms in total. The minimum absolute atomic E-state index is 0.163. The highest BCUT2D eigenvalue weighted by atomic mass is 16.7. The van der Waals surface area contributed by atoms with Crippen LogP contribution in [0.4, 0.5) is 4.79 Å². The summed E-state index contributed by atoms with van der Waals surface area (Å²) < 4.78 is 9.87. The maximum atomic E-state index is 11.3. The van der Waals surface area contributed by atoms with E-state index in [1.54, 1.807) is 6.92 Å². The lowest BCUT2D eigenvalue weighted by Crippen LogP contribution is -2.20. The van der Waals surface area contributed by atoms with Crippen molar-refractivity contribution in [1.82, 2.24) is 0 Å². The van der Waals surface area contributed by atoms with Crippen LogP contribution in [-0.2, 0) is 26.7 Å². The first kappa shape index (κ1) is 21.5. The van der Waals surface area contributed by atoms with Crippen molar-refractivity contribution in [2.75, 3.05) is 13.2 Å². The van der Waals surface area contributed by atoms with Gasteiger partial charge in [-0.25, -0.2) is 4.79 Å². The molecule has 0 saturated heterocycles. The molecule has 0 fully saturated rings. The average Bonchev–Trinajstić information content (AvgIpc) is 2.58. The molecule has 0 N–H and O–H groups in total. The van der Waals surface area contributed by atoms with Crippen LogP contribution in [0, 0.1) is 0 Å². The Morgan fingerprint density at radius 1 is 0.880 bits per heavy atom. The molecule has 0 bridgehead atoms. The van der Waals surface area contributed by atoms with E-state index in [4.69, 9.17) is 9.47 Å². The van der Waals surface area contributed by atoms with Crippen LogP contribution < -0.4 is 0 Å². The molecule has 0 aliphatic carbocycles. The molecule has 0 atom stereocenters.